The van der Waals surface area contributed by atoms with E-state index in [-0.39, 0.29) is 18.9 Å². The SMILES string of the molecule is CCc1ccc(NC(=O)COC(=O)Cc2cccc3ccccc23)cc1. The van der Waals surface area contributed by atoms with Crippen molar-refractivity contribution in [2.75, 3.05) is 11.9 Å². The van der Waals surface area contributed by atoms with Gasteiger partial charge in [0.1, 0.15) is 0 Å². The number of aryl methyl sites for hydroxylation is 1. The van der Waals surface area contributed by atoms with E-state index in [4.69, 9.17) is 4.74 Å². The summed E-state index contributed by atoms with van der Waals surface area (Å²) in [5.41, 5.74) is 2.78. The van der Waals surface area contributed by atoms with E-state index in [0.717, 1.165) is 22.8 Å². The molecule has 1 N–H and O–H groups in total. The molecule has 3 rings (SSSR count). The molecule has 0 saturated heterocycles. The highest BCUT2D eigenvalue weighted by Gasteiger charge is 2.11. The molecule has 0 radical (unpaired) electrons. The molecule has 0 fully saturated rings. The minimum atomic E-state index is -0.419. The summed E-state index contributed by atoms with van der Waals surface area (Å²) < 4.78 is 5.12. The van der Waals surface area contributed by atoms with Crippen LogP contribution in [0.5, 0.6) is 0 Å². The molecule has 26 heavy (non-hydrogen) atoms. The molecule has 132 valence electrons. The minimum absolute atomic E-state index is 0.139. The number of amides is 1. The van der Waals surface area contributed by atoms with Gasteiger partial charge in [0.05, 0.1) is 6.42 Å². The molecule has 0 heterocycles. The number of carbonyl (C=O) groups excluding carboxylic acids is 2. The van der Waals surface area contributed by atoms with Crippen molar-refractivity contribution in [1.82, 2.24) is 0 Å². The fourth-order valence-electron chi connectivity index (χ4n) is 2.82. The lowest BCUT2D eigenvalue weighted by Gasteiger charge is -2.08. The number of anilines is 1. The third-order valence-corrected chi connectivity index (χ3v) is 4.22. The summed E-state index contributed by atoms with van der Waals surface area (Å²) in [6.07, 6.45) is 1.08. The number of hydrogen-bond donors (Lipinski definition) is 1. The van der Waals surface area contributed by atoms with E-state index in [9.17, 15) is 9.59 Å². The molecular formula is C22H21NO3. The summed E-state index contributed by atoms with van der Waals surface area (Å²) in [4.78, 5) is 24.0. The first kappa shape index (κ1) is 17.7. The first-order chi connectivity index (χ1) is 12.7. The van der Waals surface area contributed by atoms with Crippen molar-refractivity contribution in [3.63, 3.8) is 0 Å². The highest BCUT2D eigenvalue weighted by molar-refractivity contribution is 5.93. The first-order valence-corrected chi connectivity index (χ1v) is 8.67. The van der Waals surface area contributed by atoms with Crippen LogP contribution in [0.15, 0.2) is 66.7 Å². The molecule has 1 amide bonds. The summed E-state index contributed by atoms with van der Waals surface area (Å²) in [5.74, 6) is -0.765. The van der Waals surface area contributed by atoms with Gasteiger partial charge in [-0.1, -0.05) is 61.5 Å². The second-order valence-electron chi connectivity index (χ2n) is 6.07. The van der Waals surface area contributed by atoms with Crippen LogP contribution in [-0.2, 0) is 27.2 Å². The Bertz CT molecular complexity index is 911. The monoisotopic (exact) mass is 347 g/mol. The maximum Gasteiger partial charge on any atom is 0.310 e. The largest absolute Gasteiger partial charge is 0.455 e. The normalized spacial score (nSPS) is 10.5. The molecular weight excluding hydrogens is 326 g/mol. The van der Waals surface area contributed by atoms with E-state index < -0.39 is 5.97 Å². The molecule has 0 aliphatic heterocycles. The van der Waals surface area contributed by atoms with Crippen molar-refractivity contribution in [2.24, 2.45) is 0 Å². The second-order valence-corrected chi connectivity index (χ2v) is 6.07. The number of hydrogen-bond acceptors (Lipinski definition) is 3. The summed E-state index contributed by atoms with van der Waals surface area (Å²) in [7, 11) is 0. The fourth-order valence-corrected chi connectivity index (χ4v) is 2.82. The summed E-state index contributed by atoms with van der Waals surface area (Å²) in [5, 5.41) is 4.82. The van der Waals surface area contributed by atoms with Crippen LogP contribution in [-0.4, -0.2) is 18.5 Å². The van der Waals surface area contributed by atoms with Gasteiger partial charge in [-0.3, -0.25) is 9.59 Å². The molecule has 0 bridgehead atoms. The van der Waals surface area contributed by atoms with Gasteiger partial charge >= 0.3 is 5.97 Å². The molecule has 0 unspecified atom stereocenters. The smallest absolute Gasteiger partial charge is 0.310 e. The molecule has 0 atom stereocenters. The molecule has 0 aromatic heterocycles. The van der Waals surface area contributed by atoms with E-state index in [1.807, 2.05) is 66.7 Å². The van der Waals surface area contributed by atoms with E-state index in [2.05, 4.69) is 12.2 Å². The zero-order valence-corrected chi connectivity index (χ0v) is 14.7. The van der Waals surface area contributed by atoms with Gasteiger partial charge in [-0.05, 0) is 40.5 Å². The Labute approximate surface area is 152 Å². The third kappa shape index (κ3) is 4.48. The first-order valence-electron chi connectivity index (χ1n) is 8.67. The van der Waals surface area contributed by atoms with Crippen molar-refractivity contribution in [2.45, 2.75) is 19.8 Å². The topological polar surface area (TPSA) is 55.4 Å². The highest BCUT2D eigenvalue weighted by atomic mass is 16.5. The maximum atomic E-state index is 12.1. The molecule has 0 aliphatic rings. The van der Waals surface area contributed by atoms with Crippen LogP contribution in [0.1, 0.15) is 18.1 Å². The lowest BCUT2D eigenvalue weighted by molar-refractivity contribution is -0.146. The van der Waals surface area contributed by atoms with Crippen molar-refractivity contribution < 1.29 is 14.3 Å². The number of nitrogens with one attached hydrogen (secondary N) is 1. The Morgan fingerprint density at radius 2 is 1.65 bits per heavy atom. The van der Waals surface area contributed by atoms with Gasteiger partial charge < -0.3 is 10.1 Å². The fraction of sp³-hybridized carbons (Fsp3) is 0.182. The van der Waals surface area contributed by atoms with Crippen LogP contribution in [0, 0.1) is 0 Å². The standard InChI is InChI=1S/C22H21NO3/c1-2-16-10-12-19(13-11-16)23-21(24)15-26-22(25)14-18-8-5-7-17-6-3-4-9-20(17)18/h3-13H,2,14-15H2,1H3,(H,23,24). The summed E-state index contributed by atoms with van der Waals surface area (Å²) in [6, 6.07) is 21.3. The van der Waals surface area contributed by atoms with Crippen LogP contribution >= 0.6 is 0 Å². The number of esters is 1. The van der Waals surface area contributed by atoms with E-state index in [1.165, 1.54) is 5.56 Å². The molecule has 3 aromatic carbocycles. The van der Waals surface area contributed by atoms with Crippen LogP contribution in [0.25, 0.3) is 10.8 Å². The second kappa shape index (κ2) is 8.30. The van der Waals surface area contributed by atoms with Gasteiger partial charge in [0.15, 0.2) is 6.61 Å². The van der Waals surface area contributed by atoms with E-state index in [0.29, 0.717) is 5.69 Å². The van der Waals surface area contributed by atoms with Crippen LogP contribution in [0.3, 0.4) is 0 Å². The number of benzene rings is 3. The number of carbonyl (C=O) groups is 2. The Morgan fingerprint density at radius 1 is 0.923 bits per heavy atom. The molecule has 4 heteroatoms. The lowest BCUT2D eigenvalue weighted by atomic mass is 10.0. The Morgan fingerprint density at radius 3 is 2.42 bits per heavy atom. The van der Waals surface area contributed by atoms with Crippen molar-refractivity contribution >= 4 is 28.3 Å². The Kier molecular flexibility index (Phi) is 5.64. The van der Waals surface area contributed by atoms with Gasteiger partial charge in [-0.2, -0.15) is 0 Å². The van der Waals surface area contributed by atoms with Gasteiger partial charge in [0, 0.05) is 5.69 Å². The van der Waals surface area contributed by atoms with Crippen molar-refractivity contribution in [1.29, 1.82) is 0 Å². The molecule has 3 aromatic rings. The van der Waals surface area contributed by atoms with Crippen LogP contribution in [0.4, 0.5) is 5.69 Å². The predicted molar refractivity (Wildman–Crippen MR) is 103 cm³/mol. The number of fused-ring (bicyclic) bond motifs is 1. The predicted octanol–water partition coefficient (Wildman–Crippen LogP) is 4.13. The minimum Gasteiger partial charge on any atom is -0.455 e. The molecule has 4 nitrogen and oxygen atoms in total. The highest BCUT2D eigenvalue weighted by Crippen LogP contribution is 2.19. The molecule has 0 aliphatic carbocycles. The zero-order valence-electron chi connectivity index (χ0n) is 14.7. The van der Waals surface area contributed by atoms with Gasteiger partial charge in [-0.25, -0.2) is 0 Å². The van der Waals surface area contributed by atoms with Crippen LogP contribution < -0.4 is 5.32 Å². The quantitative estimate of drug-likeness (QED) is 0.682. The zero-order chi connectivity index (χ0) is 18.4. The van der Waals surface area contributed by atoms with Gasteiger partial charge in [0.25, 0.3) is 5.91 Å². The molecule has 0 saturated carbocycles. The average Bonchev–Trinajstić information content (AvgIpc) is 2.67. The average molecular weight is 347 g/mol. The van der Waals surface area contributed by atoms with Crippen molar-refractivity contribution in [3.05, 3.63) is 77.9 Å². The van der Waals surface area contributed by atoms with Crippen molar-refractivity contribution in [3.8, 4) is 0 Å². The van der Waals surface area contributed by atoms with E-state index in [1.54, 1.807) is 0 Å². The molecule has 0 spiro atoms. The van der Waals surface area contributed by atoms with Gasteiger partial charge in [-0.15, -0.1) is 0 Å². The Balaban J connectivity index is 1.54. The Hall–Kier alpha value is -3.14. The number of rotatable bonds is 6. The lowest BCUT2D eigenvalue weighted by Crippen LogP contribution is -2.21. The number of ether oxygens (including phenoxy) is 1. The van der Waals surface area contributed by atoms with Crippen LogP contribution in [0.2, 0.25) is 0 Å². The van der Waals surface area contributed by atoms with Gasteiger partial charge in [0.2, 0.25) is 0 Å². The third-order valence-electron chi connectivity index (χ3n) is 4.22. The summed E-state index contributed by atoms with van der Waals surface area (Å²) >= 11 is 0. The van der Waals surface area contributed by atoms with E-state index >= 15 is 0 Å². The summed E-state index contributed by atoms with van der Waals surface area (Å²) in [6.45, 7) is 1.78. The maximum absolute atomic E-state index is 12.1.